The van der Waals surface area contributed by atoms with Gasteiger partial charge in [0.15, 0.2) is 11.6 Å². The molecule has 0 bridgehead atoms. The van der Waals surface area contributed by atoms with Crippen LogP contribution in [0.25, 0.3) is 0 Å². The molecule has 0 aliphatic carbocycles. The van der Waals surface area contributed by atoms with Crippen LogP contribution in [0.15, 0.2) is 12.3 Å². The fourth-order valence-electron chi connectivity index (χ4n) is 2.04. The molecule has 0 aromatic carbocycles. The summed E-state index contributed by atoms with van der Waals surface area (Å²) in [4.78, 5) is 5.97. The molecule has 1 aromatic heterocycles. The molecule has 0 saturated carbocycles. The molecule has 0 amide bonds. The molecule has 2 heterocycles. The predicted octanol–water partition coefficient (Wildman–Crippen LogP) is 2.35. The Morgan fingerprint density at radius 1 is 1.69 bits per heavy atom. The van der Waals surface area contributed by atoms with E-state index in [4.69, 9.17) is 16.3 Å². The average molecular weight is 245 g/mol. The molecule has 5 heteroatoms. The Morgan fingerprint density at radius 2 is 2.50 bits per heavy atom. The first kappa shape index (κ1) is 11.6. The van der Waals surface area contributed by atoms with Crippen molar-refractivity contribution in [3.05, 3.63) is 23.1 Å². The molecule has 1 aliphatic heterocycles. The van der Waals surface area contributed by atoms with Gasteiger partial charge in [0.25, 0.3) is 0 Å². The zero-order valence-corrected chi connectivity index (χ0v) is 9.88. The summed E-state index contributed by atoms with van der Waals surface area (Å²) in [5, 5.41) is 0.328. The van der Waals surface area contributed by atoms with Crippen molar-refractivity contribution in [2.45, 2.75) is 6.42 Å². The Kier molecular flexibility index (Phi) is 3.61. The summed E-state index contributed by atoms with van der Waals surface area (Å²) in [6, 6.07) is 1.30. The van der Waals surface area contributed by atoms with Crippen LogP contribution in [0.5, 0.6) is 0 Å². The van der Waals surface area contributed by atoms with Gasteiger partial charge in [0.05, 0.1) is 11.6 Å². The van der Waals surface area contributed by atoms with E-state index in [9.17, 15) is 4.39 Å². The highest BCUT2D eigenvalue weighted by Gasteiger charge is 2.25. The number of ether oxygens (including phenoxy) is 1. The normalized spacial score (nSPS) is 20.4. The van der Waals surface area contributed by atoms with Crippen molar-refractivity contribution >= 4 is 17.4 Å². The third-order valence-electron chi connectivity index (χ3n) is 2.78. The maximum Gasteiger partial charge on any atom is 0.167 e. The third kappa shape index (κ3) is 2.44. The highest BCUT2D eigenvalue weighted by atomic mass is 35.5. The highest BCUT2D eigenvalue weighted by molar-refractivity contribution is 6.30. The molecule has 0 N–H and O–H groups in total. The van der Waals surface area contributed by atoms with Crippen LogP contribution >= 0.6 is 11.6 Å². The van der Waals surface area contributed by atoms with Gasteiger partial charge in [-0.05, 0) is 12.5 Å². The number of rotatable bonds is 3. The SMILES string of the molecule is COCC1CCN(c2ncc(Cl)cc2F)C1. The number of hydrogen-bond donors (Lipinski definition) is 0. The van der Waals surface area contributed by atoms with Gasteiger partial charge in [0.1, 0.15) is 0 Å². The van der Waals surface area contributed by atoms with E-state index < -0.39 is 0 Å². The van der Waals surface area contributed by atoms with Crippen molar-refractivity contribution in [1.29, 1.82) is 0 Å². The monoisotopic (exact) mass is 244 g/mol. The molecule has 0 radical (unpaired) electrons. The van der Waals surface area contributed by atoms with E-state index in [1.807, 2.05) is 4.90 Å². The van der Waals surface area contributed by atoms with Crippen LogP contribution in [-0.4, -0.2) is 31.8 Å². The molecule has 1 aromatic rings. The van der Waals surface area contributed by atoms with Crippen LogP contribution in [0.3, 0.4) is 0 Å². The van der Waals surface area contributed by atoms with E-state index >= 15 is 0 Å². The Bertz CT molecular complexity index is 375. The zero-order valence-electron chi connectivity index (χ0n) is 9.12. The number of aromatic nitrogens is 1. The molecule has 88 valence electrons. The van der Waals surface area contributed by atoms with E-state index in [2.05, 4.69) is 4.98 Å². The first-order valence-corrected chi connectivity index (χ1v) is 5.63. The third-order valence-corrected chi connectivity index (χ3v) is 2.98. The second-order valence-electron chi connectivity index (χ2n) is 4.02. The Hall–Kier alpha value is -0.870. The van der Waals surface area contributed by atoms with Gasteiger partial charge < -0.3 is 9.64 Å². The minimum absolute atomic E-state index is 0.328. The molecule has 0 spiro atoms. The molecule has 1 unspecified atom stereocenters. The lowest BCUT2D eigenvalue weighted by molar-refractivity contribution is 0.161. The Labute approximate surface area is 99.2 Å². The summed E-state index contributed by atoms with van der Waals surface area (Å²) in [5.41, 5.74) is 0. The maximum absolute atomic E-state index is 13.6. The number of anilines is 1. The quantitative estimate of drug-likeness (QED) is 0.816. The van der Waals surface area contributed by atoms with Gasteiger partial charge in [0.2, 0.25) is 0 Å². The van der Waals surface area contributed by atoms with Crippen molar-refractivity contribution in [3.63, 3.8) is 0 Å². The highest BCUT2D eigenvalue weighted by Crippen LogP contribution is 2.25. The van der Waals surface area contributed by atoms with Crippen LogP contribution in [-0.2, 0) is 4.74 Å². The Morgan fingerprint density at radius 3 is 3.19 bits per heavy atom. The largest absolute Gasteiger partial charge is 0.384 e. The lowest BCUT2D eigenvalue weighted by Crippen LogP contribution is -2.23. The average Bonchev–Trinajstić information content (AvgIpc) is 2.67. The van der Waals surface area contributed by atoms with E-state index in [0.717, 1.165) is 19.5 Å². The first-order chi connectivity index (χ1) is 7.70. The number of hydrogen-bond acceptors (Lipinski definition) is 3. The van der Waals surface area contributed by atoms with E-state index in [1.165, 1.54) is 12.3 Å². The van der Waals surface area contributed by atoms with Crippen LogP contribution in [0.2, 0.25) is 5.02 Å². The fraction of sp³-hybridized carbons (Fsp3) is 0.545. The predicted molar refractivity (Wildman–Crippen MR) is 61.4 cm³/mol. The molecule has 1 atom stereocenters. The maximum atomic E-state index is 13.6. The van der Waals surface area contributed by atoms with E-state index in [1.54, 1.807) is 7.11 Å². The summed E-state index contributed by atoms with van der Waals surface area (Å²) < 4.78 is 18.7. The summed E-state index contributed by atoms with van der Waals surface area (Å²) in [6.45, 7) is 2.32. The summed E-state index contributed by atoms with van der Waals surface area (Å²) in [5.74, 6) is 0.496. The van der Waals surface area contributed by atoms with Crippen molar-refractivity contribution < 1.29 is 9.13 Å². The fourth-order valence-corrected chi connectivity index (χ4v) is 2.18. The van der Waals surface area contributed by atoms with Crippen molar-refractivity contribution in [2.24, 2.45) is 5.92 Å². The van der Waals surface area contributed by atoms with Gasteiger partial charge >= 0.3 is 0 Å². The van der Waals surface area contributed by atoms with Gasteiger partial charge in [-0.25, -0.2) is 9.37 Å². The first-order valence-electron chi connectivity index (χ1n) is 5.25. The van der Waals surface area contributed by atoms with E-state index in [0.29, 0.717) is 23.4 Å². The molecule has 2 rings (SSSR count). The molecule has 3 nitrogen and oxygen atoms in total. The number of nitrogens with zero attached hydrogens (tertiary/aromatic N) is 2. The summed E-state index contributed by atoms with van der Waals surface area (Å²) in [6.07, 6.45) is 2.49. The standard InChI is InChI=1S/C11H14ClFN2O/c1-16-7-8-2-3-15(6-8)11-10(13)4-9(12)5-14-11/h4-5,8H,2-3,6-7H2,1H3. The number of methoxy groups -OCH3 is 1. The van der Waals surface area contributed by atoms with Crippen LogP contribution < -0.4 is 4.90 Å². The summed E-state index contributed by atoms with van der Waals surface area (Å²) in [7, 11) is 1.68. The number of pyridine rings is 1. The van der Waals surface area contributed by atoms with Gasteiger partial charge in [-0.15, -0.1) is 0 Å². The van der Waals surface area contributed by atoms with Gasteiger partial charge in [0, 0.05) is 32.3 Å². The zero-order chi connectivity index (χ0) is 11.5. The van der Waals surface area contributed by atoms with E-state index in [-0.39, 0.29) is 5.82 Å². The minimum Gasteiger partial charge on any atom is -0.384 e. The lowest BCUT2D eigenvalue weighted by atomic mass is 10.1. The van der Waals surface area contributed by atoms with Gasteiger partial charge in [-0.3, -0.25) is 0 Å². The molecule has 1 aliphatic rings. The second-order valence-corrected chi connectivity index (χ2v) is 4.45. The van der Waals surface area contributed by atoms with Gasteiger partial charge in [-0.1, -0.05) is 11.6 Å². The van der Waals surface area contributed by atoms with Crippen molar-refractivity contribution in [3.8, 4) is 0 Å². The van der Waals surface area contributed by atoms with Crippen LogP contribution in [0.1, 0.15) is 6.42 Å². The molecule has 16 heavy (non-hydrogen) atoms. The molecular weight excluding hydrogens is 231 g/mol. The topological polar surface area (TPSA) is 25.4 Å². The number of halogens is 2. The Balaban J connectivity index is 2.08. The summed E-state index contributed by atoms with van der Waals surface area (Å²) >= 11 is 5.66. The lowest BCUT2D eigenvalue weighted by Gasteiger charge is -2.17. The molecule has 1 fully saturated rings. The van der Waals surface area contributed by atoms with Gasteiger partial charge in [-0.2, -0.15) is 0 Å². The molecule has 1 saturated heterocycles. The van der Waals surface area contributed by atoms with Crippen LogP contribution in [0, 0.1) is 11.7 Å². The van der Waals surface area contributed by atoms with Crippen molar-refractivity contribution in [2.75, 3.05) is 31.7 Å². The molecular formula is C11H14ClFN2O. The van der Waals surface area contributed by atoms with Crippen LogP contribution in [0.4, 0.5) is 10.2 Å². The second kappa shape index (κ2) is 4.97. The minimum atomic E-state index is -0.356. The van der Waals surface area contributed by atoms with Crippen molar-refractivity contribution in [1.82, 2.24) is 4.98 Å². The smallest absolute Gasteiger partial charge is 0.167 e.